The van der Waals surface area contributed by atoms with Crippen molar-refractivity contribution in [3.63, 3.8) is 0 Å². The van der Waals surface area contributed by atoms with E-state index in [0.29, 0.717) is 25.8 Å². The maximum Gasteiger partial charge on any atom is 0.407 e. The van der Waals surface area contributed by atoms with Gasteiger partial charge >= 0.3 is 12.1 Å². The molecule has 0 heterocycles. The Kier molecular flexibility index (Phi) is 6.50. The molecule has 7 heteroatoms. The van der Waals surface area contributed by atoms with Crippen LogP contribution in [-0.2, 0) is 14.3 Å². The normalized spacial score (nSPS) is 22.3. The third-order valence-corrected chi connectivity index (χ3v) is 8.08. The maximum absolute atomic E-state index is 13.0. The molecule has 0 radical (unpaired) electrons. The number of hydrogen-bond acceptors (Lipinski definition) is 4. The minimum absolute atomic E-state index is 0.00298. The van der Waals surface area contributed by atoms with Crippen molar-refractivity contribution in [1.29, 1.82) is 0 Å². The number of alkyl carbamates (subject to hydrolysis) is 1. The van der Waals surface area contributed by atoms with Gasteiger partial charge in [0.1, 0.15) is 12.1 Å². The van der Waals surface area contributed by atoms with Crippen LogP contribution in [0.5, 0.6) is 0 Å². The lowest BCUT2D eigenvalue weighted by Crippen LogP contribution is -2.54. The van der Waals surface area contributed by atoms with Crippen LogP contribution in [0.1, 0.15) is 62.0 Å². The van der Waals surface area contributed by atoms with E-state index in [1.54, 1.807) is 0 Å². The summed E-state index contributed by atoms with van der Waals surface area (Å²) in [5.41, 5.74) is 3.54. The molecule has 2 atom stereocenters. The maximum atomic E-state index is 13.0. The van der Waals surface area contributed by atoms with Crippen LogP contribution in [0.15, 0.2) is 48.5 Å². The molecule has 35 heavy (non-hydrogen) atoms. The smallest absolute Gasteiger partial charge is 0.407 e. The molecule has 2 fully saturated rings. The quantitative estimate of drug-likeness (QED) is 0.547. The van der Waals surface area contributed by atoms with Gasteiger partial charge in [0.2, 0.25) is 5.91 Å². The zero-order valence-corrected chi connectivity index (χ0v) is 19.8. The highest BCUT2D eigenvalue weighted by atomic mass is 16.5. The minimum Gasteiger partial charge on any atom is -0.480 e. The van der Waals surface area contributed by atoms with Crippen LogP contribution in [0.3, 0.4) is 0 Å². The summed E-state index contributed by atoms with van der Waals surface area (Å²) in [7, 11) is 0. The van der Waals surface area contributed by atoms with Gasteiger partial charge < -0.3 is 20.5 Å². The fraction of sp³-hybridized carbons (Fsp3) is 0.464. The number of benzene rings is 2. The van der Waals surface area contributed by atoms with E-state index in [-0.39, 0.29) is 30.3 Å². The molecule has 5 rings (SSSR count). The summed E-state index contributed by atoms with van der Waals surface area (Å²) in [5.74, 6) is -1.47. The fourth-order valence-corrected chi connectivity index (χ4v) is 6.19. The molecule has 0 aromatic heterocycles. The van der Waals surface area contributed by atoms with Crippen LogP contribution in [0, 0.1) is 11.8 Å². The summed E-state index contributed by atoms with van der Waals surface area (Å²) >= 11 is 0. The van der Waals surface area contributed by atoms with E-state index in [2.05, 4.69) is 34.9 Å². The van der Waals surface area contributed by atoms with Crippen molar-refractivity contribution < 1.29 is 24.2 Å². The van der Waals surface area contributed by atoms with E-state index >= 15 is 0 Å². The Balaban J connectivity index is 1.16. The molecule has 0 spiro atoms. The topological polar surface area (TPSA) is 105 Å². The van der Waals surface area contributed by atoms with Gasteiger partial charge in [-0.2, -0.15) is 0 Å². The Morgan fingerprint density at radius 3 is 2.17 bits per heavy atom. The van der Waals surface area contributed by atoms with Crippen LogP contribution < -0.4 is 10.6 Å². The van der Waals surface area contributed by atoms with Gasteiger partial charge in [0, 0.05) is 18.4 Å². The number of hydrogen-bond donors (Lipinski definition) is 3. The first kappa shape index (κ1) is 23.4. The number of carboxylic acid groups (broad SMARTS) is 1. The standard InChI is InChI=1S/C28H32N2O5/c31-25(30-28(26(32)33)14-5-6-15-28)19-13-7-8-18(19)16-29-27(34)35-17-24-22-11-3-1-9-20(22)21-10-2-4-12-23(21)24/h1-4,9-12,18-19,24H,5-8,13-17H2,(H,29,34)(H,30,31)(H,32,33). The Hall–Kier alpha value is -3.35. The van der Waals surface area contributed by atoms with Crippen molar-refractivity contribution >= 4 is 18.0 Å². The van der Waals surface area contributed by atoms with Crippen LogP contribution >= 0.6 is 0 Å². The second-order valence-corrected chi connectivity index (χ2v) is 10.1. The first-order chi connectivity index (χ1) is 17.0. The van der Waals surface area contributed by atoms with Gasteiger partial charge in [0.15, 0.2) is 0 Å². The van der Waals surface area contributed by atoms with Crippen LogP contribution in [0.4, 0.5) is 4.79 Å². The third-order valence-electron chi connectivity index (χ3n) is 8.08. The molecule has 0 bridgehead atoms. The van der Waals surface area contributed by atoms with E-state index in [9.17, 15) is 19.5 Å². The molecule has 2 unspecified atom stereocenters. The molecule has 2 aromatic carbocycles. The zero-order chi connectivity index (χ0) is 24.4. The van der Waals surface area contributed by atoms with Gasteiger partial charge in [-0.05, 0) is 53.9 Å². The van der Waals surface area contributed by atoms with Crippen molar-refractivity contribution in [1.82, 2.24) is 10.6 Å². The summed E-state index contributed by atoms with van der Waals surface area (Å²) in [6.45, 7) is 0.588. The van der Waals surface area contributed by atoms with Gasteiger partial charge in [-0.15, -0.1) is 0 Å². The Bertz CT molecular complexity index is 1080. The number of rotatable bonds is 7. The highest BCUT2D eigenvalue weighted by Crippen LogP contribution is 2.44. The average Bonchev–Trinajstić information content (AvgIpc) is 3.60. The average molecular weight is 477 g/mol. The van der Waals surface area contributed by atoms with Crippen molar-refractivity contribution in [3.05, 3.63) is 59.7 Å². The van der Waals surface area contributed by atoms with E-state index in [1.165, 1.54) is 11.1 Å². The van der Waals surface area contributed by atoms with Crippen molar-refractivity contribution in [3.8, 4) is 11.1 Å². The van der Waals surface area contributed by atoms with Crippen LogP contribution in [0.25, 0.3) is 11.1 Å². The number of ether oxygens (including phenoxy) is 1. The number of carbonyl (C=O) groups is 3. The number of carbonyl (C=O) groups excluding carboxylic acids is 2. The van der Waals surface area contributed by atoms with Gasteiger partial charge in [-0.1, -0.05) is 67.8 Å². The highest BCUT2D eigenvalue weighted by molar-refractivity contribution is 5.88. The summed E-state index contributed by atoms with van der Waals surface area (Å²) in [5, 5.41) is 15.4. The number of aliphatic carboxylic acids is 1. The molecule has 2 amide bonds. The molecule has 3 aliphatic rings. The minimum atomic E-state index is -1.13. The van der Waals surface area contributed by atoms with Gasteiger partial charge in [-0.25, -0.2) is 9.59 Å². The van der Waals surface area contributed by atoms with E-state index in [4.69, 9.17) is 4.74 Å². The highest BCUT2D eigenvalue weighted by Gasteiger charge is 2.45. The SMILES string of the molecule is O=C(NCC1CCCC1C(=O)NC1(C(=O)O)CCCC1)OCC1c2ccccc2-c2ccccc21. The Morgan fingerprint density at radius 1 is 0.914 bits per heavy atom. The molecule has 3 N–H and O–H groups in total. The molecule has 2 saturated carbocycles. The van der Waals surface area contributed by atoms with Crippen LogP contribution in [-0.4, -0.2) is 41.8 Å². The first-order valence-corrected chi connectivity index (χ1v) is 12.6. The predicted molar refractivity (Wildman–Crippen MR) is 131 cm³/mol. The summed E-state index contributed by atoms with van der Waals surface area (Å²) in [6.07, 6.45) is 4.49. The molecular weight excluding hydrogens is 444 g/mol. The number of carboxylic acids is 1. The van der Waals surface area contributed by atoms with E-state index in [1.807, 2.05) is 24.3 Å². The summed E-state index contributed by atoms with van der Waals surface area (Å²) in [4.78, 5) is 37.4. The van der Waals surface area contributed by atoms with Crippen molar-refractivity contribution in [2.24, 2.45) is 11.8 Å². The van der Waals surface area contributed by atoms with Gasteiger partial charge in [0.25, 0.3) is 0 Å². The van der Waals surface area contributed by atoms with Crippen molar-refractivity contribution in [2.75, 3.05) is 13.2 Å². The van der Waals surface area contributed by atoms with Crippen LogP contribution in [0.2, 0.25) is 0 Å². The lowest BCUT2D eigenvalue weighted by molar-refractivity contribution is -0.148. The van der Waals surface area contributed by atoms with Gasteiger partial charge in [-0.3, -0.25) is 4.79 Å². The summed E-state index contributed by atoms with van der Waals surface area (Å²) in [6, 6.07) is 16.4. The lowest BCUT2D eigenvalue weighted by atomic mass is 9.91. The Morgan fingerprint density at radius 2 is 1.54 bits per heavy atom. The fourth-order valence-electron chi connectivity index (χ4n) is 6.19. The monoisotopic (exact) mass is 476 g/mol. The molecule has 0 aliphatic heterocycles. The second kappa shape index (κ2) is 9.72. The zero-order valence-electron chi connectivity index (χ0n) is 19.8. The molecule has 2 aromatic rings. The van der Waals surface area contributed by atoms with Crippen molar-refractivity contribution in [2.45, 2.75) is 56.4 Å². The molecule has 184 valence electrons. The van der Waals surface area contributed by atoms with Gasteiger partial charge in [0.05, 0.1) is 0 Å². The number of nitrogens with one attached hydrogen (secondary N) is 2. The third kappa shape index (κ3) is 4.51. The predicted octanol–water partition coefficient (Wildman–Crippen LogP) is 4.46. The molecule has 7 nitrogen and oxygen atoms in total. The molecule has 0 saturated heterocycles. The molecular formula is C28H32N2O5. The first-order valence-electron chi connectivity index (χ1n) is 12.6. The van der Waals surface area contributed by atoms with E-state index in [0.717, 1.165) is 36.8 Å². The van der Waals surface area contributed by atoms with E-state index < -0.39 is 17.6 Å². The summed E-state index contributed by atoms with van der Waals surface area (Å²) < 4.78 is 5.62. The Labute approximate surface area is 205 Å². The molecule has 3 aliphatic carbocycles. The largest absolute Gasteiger partial charge is 0.480 e. The number of amides is 2. The number of fused-ring (bicyclic) bond motifs is 3. The second-order valence-electron chi connectivity index (χ2n) is 10.1. The lowest BCUT2D eigenvalue weighted by Gasteiger charge is -2.28.